The van der Waals surface area contributed by atoms with E-state index in [4.69, 9.17) is 14.4 Å². The number of hydrogen-bond donors (Lipinski definition) is 0. The van der Waals surface area contributed by atoms with Crippen LogP contribution in [0.2, 0.25) is 0 Å². The Morgan fingerprint density at radius 1 is 0.381 bits per heavy atom. The summed E-state index contributed by atoms with van der Waals surface area (Å²) in [7, 11) is -5.36. The Labute approximate surface area is 379 Å². The minimum absolute atomic E-state index is 0.597. The molecule has 63 heavy (non-hydrogen) atoms. The molecule has 0 N–H and O–H groups in total. The quantitative estimate of drug-likeness (QED) is 0.115. The van der Waals surface area contributed by atoms with E-state index in [0.29, 0.717) is 5.89 Å². The lowest BCUT2D eigenvalue weighted by Gasteiger charge is -2.27. The number of thiazole rings is 1. The van der Waals surface area contributed by atoms with Crippen LogP contribution in [0.15, 0.2) is 244 Å². The molecule has 0 unspecified atom stereocenters. The minimum Gasteiger partial charge on any atom is -0.425 e. The summed E-state index contributed by atoms with van der Waals surface area (Å²) in [6.45, 7) is 4.25. The summed E-state index contributed by atoms with van der Waals surface area (Å²) in [6.07, 6.45) is 0. The van der Waals surface area contributed by atoms with Gasteiger partial charge in [0, 0.05) is 11.1 Å². The van der Waals surface area contributed by atoms with Crippen LogP contribution in [0, 0.1) is 13.8 Å². The highest BCUT2D eigenvalue weighted by Gasteiger charge is 2.55. The summed E-state index contributed by atoms with van der Waals surface area (Å²) in [5, 5.41) is 9.07. The Balaban J connectivity index is 1.31. The molecule has 10 aromatic rings. The van der Waals surface area contributed by atoms with Crippen LogP contribution in [0.1, 0.15) is 11.1 Å². The number of nitrogens with zero attached hydrogens (tertiary/aromatic N) is 2. The normalized spacial score (nSPS) is 11.7. The number of oxazole rings is 1. The Bertz CT molecular complexity index is 2670. The van der Waals surface area contributed by atoms with Gasteiger partial charge in [0.2, 0.25) is 16.4 Å². The van der Waals surface area contributed by atoms with Gasteiger partial charge in [-0.3, -0.25) is 0 Å². The van der Waals surface area contributed by atoms with Gasteiger partial charge in [0.1, 0.15) is 41.0 Å². The van der Waals surface area contributed by atoms with Gasteiger partial charge in [-0.15, -0.1) is 11.3 Å². The van der Waals surface area contributed by atoms with Gasteiger partial charge >= 0.3 is 0 Å². The summed E-state index contributed by atoms with van der Waals surface area (Å²) in [5.74, 6) is 0.597. The molecule has 0 saturated heterocycles. The third-order valence-electron chi connectivity index (χ3n) is 11.4. The monoisotopic (exact) mass is 886 g/mol. The summed E-state index contributed by atoms with van der Waals surface area (Å²) in [6, 6.07) is 83.1. The number of benzene rings is 8. The Hall–Kier alpha value is -6.19. The van der Waals surface area contributed by atoms with E-state index < -0.39 is 14.5 Å². The van der Waals surface area contributed by atoms with E-state index in [1.807, 2.05) is 0 Å². The van der Waals surface area contributed by atoms with Gasteiger partial charge in [0.05, 0.1) is 0 Å². The molecule has 0 aliphatic carbocycles. The molecule has 2 heterocycles. The third kappa shape index (κ3) is 7.60. The molecule has 0 atom stereocenters. The molecule has 2 aromatic heterocycles. The van der Waals surface area contributed by atoms with E-state index >= 15 is 0 Å². The first-order valence-corrected chi connectivity index (χ1v) is 26.2. The molecular weight excluding hydrogens is 843 g/mol. The molecule has 0 saturated carbocycles. The summed E-state index contributed by atoms with van der Waals surface area (Å²) in [4.78, 5) is 11.5. The predicted octanol–water partition coefficient (Wildman–Crippen LogP) is 11.5. The van der Waals surface area contributed by atoms with Crippen LogP contribution in [0.4, 0.5) is 0 Å². The average molecular weight is 887 g/mol. The maximum absolute atomic E-state index is 7.30. The second kappa shape index (κ2) is 17.9. The number of aryl methyl sites for hydroxylation is 2. The van der Waals surface area contributed by atoms with Crippen molar-refractivity contribution in [1.82, 2.24) is 9.97 Å². The fourth-order valence-corrected chi connectivity index (χ4v) is 20.1. The summed E-state index contributed by atoms with van der Waals surface area (Å²) in [5.41, 5.74) is 6.41. The molecule has 8 aromatic carbocycles. The van der Waals surface area contributed by atoms with Crippen LogP contribution >= 0.6 is 37.6 Å². The first-order chi connectivity index (χ1) is 31.0. The van der Waals surface area contributed by atoms with E-state index in [1.54, 1.807) is 23.1 Å². The van der Waals surface area contributed by atoms with Gasteiger partial charge in [-0.1, -0.05) is 157 Å². The highest BCUT2D eigenvalue weighted by Crippen LogP contribution is 2.60. The van der Waals surface area contributed by atoms with E-state index in [2.05, 4.69) is 244 Å². The van der Waals surface area contributed by atoms with Gasteiger partial charge in [-0.2, -0.15) is 9.97 Å². The Kier molecular flexibility index (Phi) is 11.6. The van der Waals surface area contributed by atoms with Gasteiger partial charge in [-0.05, 0) is 111 Å². The SMILES string of the molecule is Cc1ccc(-c2nc([P+](c3ccccc3)(c3ccccc3)c3ccccc3)c(Sc3sc(-c4ccc(C)cc4)nc3[P+](c3ccccc3)(c3ccccc3)c3ccccc3)o2)cc1. The van der Waals surface area contributed by atoms with Crippen LogP contribution < -0.4 is 42.7 Å². The molecule has 0 aliphatic rings. The van der Waals surface area contributed by atoms with Crippen molar-refractivity contribution < 1.29 is 4.42 Å². The number of rotatable bonds is 12. The van der Waals surface area contributed by atoms with Crippen molar-refractivity contribution in [3.63, 3.8) is 0 Å². The predicted molar refractivity (Wildman–Crippen MR) is 273 cm³/mol. The lowest BCUT2D eigenvalue weighted by molar-refractivity contribution is 0.487. The largest absolute Gasteiger partial charge is 0.425 e. The van der Waals surface area contributed by atoms with E-state index in [9.17, 15) is 0 Å². The lowest BCUT2D eigenvalue weighted by Crippen LogP contribution is -2.40. The van der Waals surface area contributed by atoms with Gasteiger partial charge in [0.15, 0.2) is 14.5 Å². The average Bonchev–Trinajstić information content (AvgIpc) is 3.97. The first kappa shape index (κ1) is 40.9. The second-order valence-electron chi connectivity index (χ2n) is 15.4. The van der Waals surface area contributed by atoms with Gasteiger partial charge in [-0.25, -0.2) is 0 Å². The molecule has 0 aliphatic heterocycles. The van der Waals surface area contributed by atoms with Crippen molar-refractivity contribution in [2.24, 2.45) is 0 Å². The van der Waals surface area contributed by atoms with E-state index in [-0.39, 0.29) is 0 Å². The van der Waals surface area contributed by atoms with Crippen molar-refractivity contribution in [3.05, 3.63) is 242 Å². The van der Waals surface area contributed by atoms with Gasteiger partial charge < -0.3 is 4.42 Å². The summed E-state index contributed by atoms with van der Waals surface area (Å²) < 4.78 is 8.38. The van der Waals surface area contributed by atoms with E-state index in [0.717, 1.165) is 36.3 Å². The number of hydrogen-bond acceptors (Lipinski definition) is 5. The fraction of sp³-hybridized carbons (Fsp3) is 0.0357. The van der Waals surface area contributed by atoms with Crippen LogP contribution in [0.25, 0.3) is 22.0 Å². The zero-order chi connectivity index (χ0) is 42.6. The highest BCUT2D eigenvalue weighted by molar-refractivity contribution is 8.07. The fourth-order valence-electron chi connectivity index (χ4n) is 8.41. The Morgan fingerprint density at radius 3 is 1.08 bits per heavy atom. The zero-order valence-corrected chi connectivity index (χ0v) is 38.4. The second-order valence-corrected chi connectivity index (χ2v) is 24.3. The maximum Gasteiger partial charge on any atom is 0.251 e. The molecule has 0 radical (unpaired) electrons. The zero-order valence-electron chi connectivity index (χ0n) is 35.0. The van der Waals surface area contributed by atoms with Crippen molar-refractivity contribution in [2.75, 3.05) is 0 Å². The lowest BCUT2D eigenvalue weighted by atomic mass is 10.1. The van der Waals surface area contributed by atoms with Crippen LogP contribution in [0.3, 0.4) is 0 Å². The molecule has 0 spiro atoms. The van der Waals surface area contributed by atoms with Crippen LogP contribution in [-0.4, -0.2) is 9.97 Å². The number of aromatic nitrogens is 2. The van der Waals surface area contributed by atoms with Crippen molar-refractivity contribution in [3.8, 4) is 22.0 Å². The smallest absolute Gasteiger partial charge is 0.251 e. The molecular formula is C56H44N2OP2S2+2. The minimum atomic E-state index is -2.71. The molecule has 0 bridgehead atoms. The first-order valence-electron chi connectivity index (χ1n) is 21.0. The van der Waals surface area contributed by atoms with Crippen LogP contribution in [0.5, 0.6) is 0 Å². The molecule has 304 valence electrons. The molecule has 7 heteroatoms. The molecule has 0 amide bonds. The van der Waals surface area contributed by atoms with E-state index in [1.165, 1.54) is 43.0 Å². The molecule has 10 rings (SSSR count). The topological polar surface area (TPSA) is 38.9 Å². The van der Waals surface area contributed by atoms with Crippen LogP contribution in [-0.2, 0) is 0 Å². The van der Waals surface area contributed by atoms with Crippen molar-refractivity contribution in [2.45, 2.75) is 23.1 Å². The Morgan fingerprint density at radius 2 is 0.714 bits per heavy atom. The third-order valence-corrected chi connectivity index (χ3v) is 22.5. The maximum atomic E-state index is 7.30. The van der Waals surface area contributed by atoms with Gasteiger partial charge in [0.25, 0.3) is 5.44 Å². The molecule has 3 nitrogen and oxygen atoms in total. The van der Waals surface area contributed by atoms with Crippen molar-refractivity contribution >= 4 is 80.3 Å². The highest BCUT2D eigenvalue weighted by atomic mass is 32.2. The standard InChI is InChI=1S/C56H44N2OP2S2/c1-41-33-37-43(38-34-41)51-57-52(60(45-21-9-3-10-22-45,46-23-11-4-12-24-46)47-25-13-5-14-26-47)55(59-51)63-56-53(58-54(62-56)44-39-35-42(2)36-40-44)61(48-27-15-6-16-28-48,49-29-17-7-18-30-49)50-31-19-8-20-32-50/h3-40H,1-2H3/q+2. The summed E-state index contributed by atoms with van der Waals surface area (Å²) >= 11 is 3.42. The molecule has 0 fully saturated rings. The van der Waals surface area contributed by atoms with Crippen molar-refractivity contribution in [1.29, 1.82) is 0 Å².